The van der Waals surface area contributed by atoms with Crippen LogP contribution in [0.3, 0.4) is 0 Å². The van der Waals surface area contributed by atoms with Crippen molar-refractivity contribution in [1.82, 2.24) is 14.9 Å². The summed E-state index contributed by atoms with van der Waals surface area (Å²) < 4.78 is 8.03. The summed E-state index contributed by atoms with van der Waals surface area (Å²) in [6.07, 6.45) is 2.20. The van der Waals surface area contributed by atoms with E-state index in [0.717, 1.165) is 28.3 Å². The maximum absolute atomic E-state index is 12.1. The Labute approximate surface area is 241 Å². The van der Waals surface area contributed by atoms with Crippen LogP contribution in [0.2, 0.25) is 0 Å². The number of nitrogens with one attached hydrogen (secondary N) is 2. The lowest BCUT2D eigenvalue weighted by Crippen LogP contribution is -2.29. The molecule has 206 valence electrons. The normalized spacial score (nSPS) is 16.6. The van der Waals surface area contributed by atoms with Crippen molar-refractivity contribution in [2.45, 2.75) is 53.1 Å². The molecule has 1 aliphatic heterocycles. The van der Waals surface area contributed by atoms with Crippen LogP contribution in [0, 0.1) is 27.7 Å². The molecular formula is C32H35N5O2S. The number of carbonyl (C=O) groups is 1. The maximum Gasteiger partial charge on any atom is 0.224 e. The Morgan fingerprint density at radius 2 is 1.80 bits per heavy atom. The number of amides is 1. The molecule has 2 aromatic carbocycles. The molecule has 1 aliphatic rings. The molecule has 0 radical (unpaired) electrons. The van der Waals surface area contributed by atoms with E-state index in [1.54, 1.807) is 7.11 Å². The zero-order valence-electron chi connectivity index (χ0n) is 23.8. The molecule has 4 aromatic rings. The largest absolute Gasteiger partial charge is 0.494 e. The summed E-state index contributed by atoms with van der Waals surface area (Å²) in [4.78, 5) is 18.9. The first-order chi connectivity index (χ1) is 19.2. The van der Waals surface area contributed by atoms with Gasteiger partial charge in [0, 0.05) is 35.8 Å². The second kappa shape index (κ2) is 11.1. The molecule has 3 heterocycles. The Hall–Kier alpha value is -4.17. The van der Waals surface area contributed by atoms with Gasteiger partial charge in [-0.15, -0.1) is 0 Å². The molecular weight excluding hydrogens is 518 g/mol. The maximum atomic E-state index is 12.1. The molecule has 0 saturated carbocycles. The topological polar surface area (TPSA) is 71.4 Å². The monoisotopic (exact) mass is 553 g/mol. The number of pyridine rings is 1. The van der Waals surface area contributed by atoms with Crippen LogP contribution < -0.4 is 20.3 Å². The number of methoxy groups -OCH3 is 1. The summed E-state index contributed by atoms with van der Waals surface area (Å²) in [6.45, 7) is 10.5. The van der Waals surface area contributed by atoms with Gasteiger partial charge in [-0.3, -0.25) is 9.78 Å². The Kier molecular flexibility index (Phi) is 7.63. The lowest BCUT2D eigenvalue weighted by atomic mass is 9.96. The first-order valence-electron chi connectivity index (χ1n) is 13.5. The molecule has 5 rings (SSSR count). The van der Waals surface area contributed by atoms with Crippen LogP contribution in [0.1, 0.15) is 59.2 Å². The van der Waals surface area contributed by atoms with Gasteiger partial charge in [0.2, 0.25) is 5.91 Å². The molecule has 40 heavy (non-hydrogen) atoms. The number of hydrogen-bond donors (Lipinski definition) is 2. The zero-order valence-corrected chi connectivity index (χ0v) is 24.6. The fraction of sp³-hybridized carbons (Fsp3) is 0.281. The number of ether oxygens (including phenoxy) is 1. The van der Waals surface area contributed by atoms with E-state index < -0.39 is 0 Å². The van der Waals surface area contributed by atoms with Crippen molar-refractivity contribution in [2.75, 3.05) is 17.3 Å². The van der Waals surface area contributed by atoms with Gasteiger partial charge < -0.3 is 24.8 Å². The number of rotatable bonds is 7. The standard InChI is InChI=1S/C32H35N5O2S/c1-7-28(38)34-25-15-14-23(18-27(25)39-6)37-31(29(35-32(37)40)26-13-8-9-16-33-26)24-17-21(4)36(22(24)5)30-19(2)11-10-12-20(30)3/h8-18,29,31H,7H2,1-6H3,(H,34,38)(H,35,40)/t29-,31+/m0/s1. The van der Waals surface area contributed by atoms with Crippen molar-refractivity contribution >= 4 is 34.6 Å². The van der Waals surface area contributed by atoms with Crippen LogP contribution >= 0.6 is 12.2 Å². The van der Waals surface area contributed by atoms with Crippen molar-refractivity contribution in [3.8, 4) is 11.4 Å². The van der Waals surface area contributed by atoms with Crippen molar-refractivity contribution in [3.63, 3.8) is 0 Å². The average Bonchev–Trinajstić information content (AvgIpc) is 3.44. The van der Waals surface area contributed by atoms with Gasteiger partial charge in [0.05, 0.1) is 36.3 Å². The predicted octanol–water partition coefficient (Wildman–Crippen LogP) is 6.64. The van der Waals surface area contributed by atoms with Crippen LogP contribution in [-0.4, -0.2) is 27.7 Å². The van der Waals surface area contributed by atoms with Crippen LogP contribution in [0.15, 0.2) is 66.9 Å². The number of aryl methyl sites for hydroxylation is 3. The van der Waals surface area contributed by atoms with Gasteiger partial charge in [-0.2, -0.15) is 0 Å². The molecule has 2 N–H and O–H groups in total. The molecule has 0 spiro atoms. The molecule has 2 aromatic heterocycles. The van der Waals surface area contributed by atoms with Gasteiger partial charge in [0.1, 0.15) is 5.75 Å². The van der Waals surface area contributed by atoms with E-state index in [1.807, 2.05) is 49.5 Å². The van der Waals surface area contributed by atoms with E-state index in [2.05, 4.69) is 72.1 Å². The minimum Gasteiger partial charge on any atom is -0.494 e. The molecule has 1 fully saturated rings. The molecule has 2 atom stereocenters. The number of carbonyl (C=O) groups excluding carboxylic acids is 1. The Balaban J connectivity index is 1.67. The fourth-order valence-corrected chi connectivity index (χ4v) is 6.06. The number of benzene rings is 2. The number of anilines is 2. The highest BCUT2D eigenvalue weighted by Gasteiger charge is 2.42. The van der Waals surface area contributed by atoms with Crippen molar-refractivity contribution in [2.24, 2.45) is 0 Å². The van der Waals surface area contributed by atoms with Crippen molar-refractivity contribution in [3.05, 3.63) is 101 Å². The highest BCUT2D eigenvalue weighted by molar-refractivity contribution is 7.80. The van der Waals surface area contributed by atoms with E-state index in [1.165, 1.54) is 16.8 Å². The third-order valence-corrected chi connectivity index (χ3v) is 7.92. The number of aromatic nitrogens is 2. The lowest BCUT2D eigenvalue weighted by Gasteiger charge is -2.29. The molecule has 0 unspecified atom stereocenters. The fourth-order valence-electron chi connectivity index (χ4n) is 5.71. The molecule has 0 aliphatic carbocycles. The van der Waals surface area contributed by atoms with Crippen LogP contribution in [0.5, 0.6) is 5.75 Å². The molecule has 8 heteroatoms. The van der Waals surface area contributed by atoms with Gasteiger partial charge in [-0.1, -0.05) is 31.2 Å². The summed E-state index contributed by atoms with van der Waals surface area (Å²) in [5, 5.41) is 7.08. The third-order valence-electron chi connectivity index (χ3n) is 7.61. The van der Waals surface area contributed by atoms with Gasteiger partial charge in [0.15, 0.2) is 5.11 Å². The Morgan fingerprint density at radius 3 is 2.45 bits per heavy atom. The number of hydrogen-bond acceptors (Lipinski definition) is 4. The first-order valence-corrected chi connectivity index (χ1v) is 13.9. The Morgan fingerprint density at radius 1 is 1.05 bits per heavy atom. The smallest absolute Gasteiger partial charge is 0.224 e. The van der Waals surface area contributed by atoms with Gasteiger partial charge >= 0.3 is 0 Å². The van der Waals surface area contributed by atoms with Gasteiger partial charge in [-0.05, 0) is 86.9 Å². The van der Waals surface area contributed by atoms with Crippen molar-refractivity contribution in [1.29, 1.82) is 0 Å². The van der Waals surface area contributed by atoms with Gasteiger partial charge in [-0.25, -0.2) is 0 Å². The van der Waals surface area contributed by atoms with Crippen molar-refractivity contribution < 1.29 is 9.53 Å². The van der Waals surface area contributed by atoms with Crippen LogP contribution in [0.25, 0.3) is 5.69 Å². The van der Waals surface area contributed by atoms with E-state index in [-0.39, 0.29) is 18.0 Å². The van der Waals surface area contributed by atoms with Crippen LogP contribution in [-0.2, 0) is 4.79 Å². The highest BCUT2D eigenvalue weighted by Crippen LogP contribution is 2.45. The summed E-state index contributed by atoms with van der Waals surface area (Å²) >= 11 is 5.97. The minimum absolute atomic E-state index is 0.0727. The summed E-state index contributed by atoms with van der Waals surface area (Å²) in [5.74, 6) is 0.500. The van der Waals surface area contributed by atoms with E-state index in [9.17, 15) is 4.79 Å². The molecule has 0 bridgehead atoms. The van der Waals surface area contributed by atoms with Gasteiger partial charge in [0.25, 0.3) is 0 Å². The zero-order chi connectivity index (χ0) is 28.6. The number of thiocarbonyl (C=S) groups is 1. The second-order valence-corrected chi connectivity index (χ2v) is 10.6. The number of para-hydroxylation sites is 1. The third kappa shape index (κ3) is 4.84. The summed E-state index contributed by atoms with van der Waals surface area (Å²) in [6, 6.07) is 20.0. The highest BCUT2D eigenvalue weighted by atomic mass is 32.1. The summed E-state index contributed by atoms with van der Waals surface area (Å²) in [7, 11) is 1.60. The van der Waals surface area contributed by atoms with E-state index in [0.29, 0.717) is 23.0 Å². The number of nitrogens with zero attached hydrogens (tertiary/aromatic N) is 3. The quantitative estimate of drug-likeness (QED) is 0.250. The first kappa shape index (κ1) is 27.4. The Bertz CT molecular complexity index is 1560. The van der Waals surface area contributed by atoms with Crippen LogP contribution in [0.4, 0.5) is 11.4 Å². The van der Waals surface area contributed by atoms with E-state index in [4.69, 9.17) is 21.9 Å². The molecule has 1 amide bonds. The summed E-state index contributed by atoms with van der Waals surface area (Å²) in [5.41, 5.74) is 9.51. The lowest BCUT2D eigenvalue weighted by molar-refractivity contribution is -0.115. The SMILES string of the molecule is CCC(=O)Nc1ccc(N2C(=S)N[C@@H](c3ccccn3)[C@H]2c2cc(C)n(-c3c(C)cccc3C)c2C)cc1OC. The van der Waals surface area contributed by atoms with E-state index >= 15 is 0 Å². The second-order valence-electron chi connectivity index (χ2n) is 10.2. The predicted molar refractivity (Wildman–Crippen MR) is 165 cm³/mol. The average molecular weight is 554 g/mol. The minimum atomic E-state index is -0.175. The molecule has 7 nitrogen and oxygen atoms in total. The molecule has 1 saturated heterocycles.